The van der Waals surface area contributed by atoms with E-state index in [2.05, 4.69) is 20.9 Å². The van der Waals surface area contributed by atoms with Crippen LogP contribution in [0.2, 0.25) is 0 Å². The molecule has 0 saturated carbocycles. The average Bonchev–Trinajstić information content (AvgIpc) is 2.85. The summed E-state index contributed by atoms with van der Waals surface area (Å²) in [7, 11) is 1.97. The highest BCUT2D eigenvalue weighted by Gasteiger charge is 2.16. The zero-order valence-corrected chi connectivity index (χ0v) is 12.7. The van der Waals surface area contributed by atoms with Gasteiger partial charge in [0.15, 0.2) is 5.65 Å². The number of alkyl halides is 1. The number of hydrogen-bond acceptors (Lipinski definition) is 3. The lowest BCUT2D eigenvalue weighted by Gasteiger charge is -2.07. The Morgan fingerprint density at radius 1 is 1.33 bits per heavy atom. The van der Waals surface area contributed by atoms with E-state index < -0.39 is 0 Å². The first-order valence-electron chi connectivity index (χ1n) is 6.12. The molecule has 0 atom stereocenters. The predicted octanol–water partition coefficient (Wildman–Crippen LogP) is 2.96. The largest absolute Gasteiger partial charge is 0.312 e. The second-order valence-corrected chi connectivity index (χ2v) is 5.65. The zero-order chi connectivity index (χ0) is 13.1. The summed E-state index contributed by atoms with van der Waals surface area (Å²) in [6.07, 6.45) is 4.52. The van der Waals surface area contributed by atoms with E-state index in [4.69, 9.17) is 11.6 Å². The highest BCUT2D eigenvalue weighted by atomic mass is 35.5. The number of nitrogens with zero attached hydrogens (tertiary/aromatic N) is 4. The monoisotopic (exact) mass is 286 g/mol. The van der Waals surface area contributed by atoms with Crippen LogP contribution in [0.4, 0.5) is 0 Å². The molecule has 4 nitrogen and oxygen atoms in total. The Morgan fingerprint density at radius 3 is 2.78 bits per heavy atom. The molecule has 0 bridgehead atoms. The molecule has 2 rings (SSSR count). The van der Waals surface area contributed by atoms with E-state index in [1.54, 1.807) is 0 Å². The first-order valence-corrected chi connectivity index (χ1v) is 8.05. The van der Waals surface area contributed by atoms with Crippen molar-refractivity contribution >= 4 is 34.5 Å². The Kier molecular flexibility index (Phi) is 4.56. The number of halogens is 1. The molecule has 2 aromatic rings. The summed E-state index contributed by atoms with van der Waals surface area (Å²) in [4.78, 5) is 4.59. The smallest absolute Gasteiger partial charge is 0.158 e. The van der Waals surface area contributed by atoms with Crippen LogP contribution < -0.4 is 0 Å². The summed E-state index contributed by atoms with van der Waals surface area (Å²) >= 11 is 7.88. The fraction of sp³-hybridized carbons (Fsp3) is 0.667. The van der Waals surface area contributed by atoms with E-state index in [1.807, 2.05) is 30.4 Å². The third-order valence-corrected chi connectivity index (χ3v) is 4.00. The number of unbranched alkanes of at least 4 members (excludes halogenated alkanes) is 1. The summed E-state index contributed by atoms with van der Waals surface area (Å²) < 4.78 is 4.12. The standard InChI is InChI=1S/C12H19ClN4S/c1-9-11-12(16(2)15-9)17(10(8-13)14-11)6-4-5-7-18-3/h4-8H2,1-3H3. The van der Waals surface area contributed by atoms with Gasteiger partial charge >= 0.3 is 0 Å². The van der Waals surface area contributed by atoms with Crippen LogP contribution in [-0.2, 0) is 19.5 Å². The quantitative estimate of drug-likeness (QED) is 0.605. The summed E-state index contributed by atoms with van der Waals surface area (Å²) in [5.41, 5.74) is 3.05. The van der Waals surface area contributed by atoms with Crippen molar-refractivity contribution in [3.8, 4) is 0 Å². The molecule has 100 valence electrons. The topological polar surface area (TPSA) is 35.6 Å². The van der Waals surface area contributed by atoms with E-state index in [9.17, 15) is 0 Å². The van der Waals surface area contributed by atoms with Crippen molar-refractivity contribution in [1.82, 2.24) is 19.3 Å². The van der Waals surface area contributed by atoms with Crippen molar-refractivity contribution in [2.75, 3.05) is 12.0 Å². The second kappa shape index (κ2) is 5.97. The maximum absolute atomic E-state index is 5.99. The molecule has 0 unspecified atom stereocenters. The Labute approximate surface area is 117 Å². The van der Waals surface area contributed by atoms with Crippen molar-refractivity contribution in [2.45, 2.75) is 32.2 Å². The van der Waals surface area contributed by atoms with E-state index >= 15 is 0 Å². The zero-order valence-electron chi connectivity index (χ0n) is 11.1. The molecule has 0 amide bonds. The van der Waals surface area contributed by atoms with E-state index in [1.165, 1.54) is 12.2 Å². The fourth-order valence-corrected chi connectivity index (χ4v) is 2.93. The van der Waals surface area contributed by atoms with Gasteiger partial charge in [0.05, 0.1) is 11.6 Å². The second-order valence-electron chi connectivity index (χ2n) is 4.39. The van der Waals surface area contributed by atoms with Crippen LogP contribution in [0.25, 0.3) is 11.2 Å². The lowest BCUT2D eigenvalue weighted by Crippen LogP contribution is -2.07. The minimum atomic E-state index is 0.455. The van der Waals surface area contributed by atoms with Crippen LogP contribution in [-0.4, -0.2) is 31.3 Å². The van der Waals surface area contributed by atoms with Gasteiger partial charge in [0.1, 0.15) is 11.3 Å². The molecule has 0 aliphatic heterocycles. The molecule has 6 heteroatoms. The van der Waals surface area contributed by atoms with Gasteiger partial charge in [-0.2, -0.15) is 16.9 Å². The molecule has 0 radical (unpaired) electrons. The Morgan fingerprint density at radius 2 is 2.11 bits per heavy atom. The van der Waals surface area contributed by atoms with Crippen molar-refractivity contribution in [2.24, 2.45) is 7.05 Å². The lowest BCUT2D eigenvalue weighted by atomic mass is 10.3. The molecular formula is C12H19ClN4S. The van der Waals surface area contributed by atoms with Crippen LogP contribution in [0.15, 0.2) is 0 Å². The molecule has 0 spiro atoms. The number of fused-ring (bicyclic) bond motifs is 1. The molecular weight excluding hydrogens is 268 g/mol. The molecule has 0 aromatic carbocycles. The molecule has 0 aliphatic rings. The SMILES string of the molecule is CSCCCCn1c(CCl)nc2c(C)nn(C)c21. The molecule has 0 aliphatic carbocycles. The van der Waals surface area contributed by atoms with Crippen LogP contribution in [0, 0.1) is 6.92 Å². The Balaban J connectivity index is 2.28. The molecule has 0 saturated heterocycles. The maximum atomic E-state index is 5.99. The third kappa shape index (κ3) is 2.52. The molecule has 0 fully saturated rings. The van der Waals surface area contributed by atoms with E-state index in [0.717, 1.165) is 35.6 Å². The van der Waals surface area contributed by atoms with Gasteiger partial charge in [-0.05, 0) is 31.8 Å². The van der Waals surface area contributed by atoms with Gasteiger partial charge in [0, 0.05) is 13.6 Å². The first-order chi connectivity index (χ1) is 8.69. The molecule has 2 heterocycles. The summed E-state index contributed by atoms with van der Waals surface area (Å²) in [5, 5.41) is 4.42. The van der Waals surface area contributed by atoms with Gasteiger partial charge in [-0.25, -0.2) is 4.98 Å². The highest BCUT2D eigenvalue weighted by molar-refractivity contribution is 7.98. The number of imidazole rings is 1. The third-order valence-electron chi connectivity index (χ3n) is 3.07. The Hall–Kier alpha value is -0.680. The molecule has 2 aromatic heterocycles. The average molecular weight is 287 g/mol. The summed E-state index contributed by atoms with van der Waals surface area (Å²) in [6, 6.07) is 0. The summed E-state index contributed by atoms with van der Waals surface area (Å²) in [6.45, 7) is 2.96. The number of aromatic nitrogens is 4. The molecule has 18 heavy (non-hydrogen) atoms. The van der Waals surface area contributed by atoms with Crippen molar-refractivity contribution < 1.29 is 0 Å². The van der Waals surface area contributed by atoms with Crippen molar-refractivity contribution in [3.63, 3.8) is 0 Å². The summed E-state index contributed by atoms with van der Waals surface area (Å²) in [5.74, 6) is 2.61. The number of rotatable bonds is 6. The van der Waals surface area contributed by atoms with Gasteiger partial charge in [-0.15, -0.1) is 11.6 Å². The van der Waals surface area contributed by atoms with Crippen LogP contribution in [0.3, 0.4) is 0 Å². The van der Waals surface area contributed by atoms with Gasteiger partial charge in [0.2, 0.25) is 0 Å². The van der Waals surface area contributed by atoms with E-state index in [-0.39, 0.29) is 0 Å². The lowest BCUT2D eigenvalue weighted by molar-refractivity contribution is 0.610. The van der Waals surface area contributed by atoms with Gasteiger partial charge < -0.3 is 4.57 Å². The van der Waals surface area contributed by atoms with Crippen molar-refractivity contribution in [3.05, 3.63) is 11.5 Å². The van der Waals surface area contributed by atoms with Crippen LogP contribution in [0.1, 0.15) is 24.4 Å². The van der Waals surface area contributed by atoms with Gasteiger partial charge in [0.25, 0.3) is 0 Å². The number of thioether (sulfide) groups is 1. The number of hydrogen-bond donors (Lipinski definition) is 0. The predicted molar refractivity (Wildman–Crippen MR) is 78.4 cm³/mol. The highest BCUT2D eigenvalue weighted by Crippen LogP contribution is 2.20. The maximum Gasteiger partial charge on any atom is 0.158 e. The van der Waals surface area contributed by atoms with Gasteiger partial charge in [-0.1, -0.05) is 0 Å². The first kappa shape index (κ1) is 13.7. The minimum Gasteiger partial charge on any atom is -0.312 e. The van der Waals surface area contributed by atoms with Crippen LogP contribution in [0.5, 0.6) is 0 Å². The van der Waals surface area contributed by atoms with Gasteiger partial charge in [-0.3, -0.25) is 4.68 Å². The Bertz CT molecular complexity index is 532. The van der Waals surface area contributed by atoms with E-state index in [0.29, 0.717) is 5.88 Å². The fourth-order valence-electron chi connectivity index (χ4n) is 2.23. The minimum absolute atomic E-state index is 0.455. The van der Waals surface area contributed by atoms with Crippen molar-refractivity contribution in [1.29, 1.82) is 0 Å². The molecule has 0 N–H and O–H groups in total. The number of aryl methyl sites for hydroxylation is 3. The van der Waals surface area contributed by atoms with Crippen LogP contribution >= 0.6 is 23.4 Å². The normalized spacial score (nSPS) is 11.6.